The summed E-state index contributed by atoms with van der Waals surface area (Å²) in [7, 11) is 0. The molecule has 0 aliphatic carbocycles. The smallest absolute Gasteiger partial charge is 0.198 e. The van der Waals surface area contributed by atoms with E-state index in [1.165, 1.54) is 6.26 Å². The number of benzene rings is 1. The Kier molecular flexibility index (Phi) is 3.39. The highest BCUT2D eigenvalue weighted by Gasteiger charge is 2.14. The van der Waals surface area contributed by atoms with Crippen LogP contribution in [0.15, 0.2) is 57.8 Å². The molecule has 1 atom stereocenters. The summed E-state index contributed by atoms with van der Waals surface area (Å²) in [5.74, 6) is 0.237. The Bertz CT molecular complexity index is 709. The summed E-state index contributed by atoms with van der Waals surface area (Å²) in [6, 6.07) is 10.7. The number of fused-ring (bicyclic) bond motifs is 1. The number of hydrogen-bond donors (Lipinski definition) is 1. The summed E-state index contributed by atoms with van der Waals surface area (Å²) in [4.78, 5) is 11.8. The Balaban J connectivity index is 1.66. The van der Waals surface area contributed by atoms with Crippen LogP contribution in [0, 0.1) is 0 Å². The molecule has 3 rings (SSSR count). The van der Waals surface area contributed by atoms with Crippen molar-refractivity contribution in [3.8, 4) is 0 Å². The van der Waals surface area contributed by atoms with Crippen molar-refractivity contribution in [3.63, 3.8) is 0 Å². The van der Waals surface area contributed by atoms with Crippen LogP contribution >= 0.6 is 0 Å². The molecule has 0 radical (unpaired) electrons. The highest BCUT2D eigenvalue weighted by atomic mass is 16.3. The average Bonchev–Trinajstić information content (AvgIpc) is 3.13. The van der Waals surface area contributed by atoms with Gasteiger partial charge in [-0.05, 0) is 42.3 Å². The third-order valence-corrected chi connectivity index (χ3v) is 3.30. The van der Waals surface area contributed by atoms with E-state index in [2.05, 4.69) is 0 Å². The van der Waals surface area contributed by atoms with Crippen molar-refractivity contribution in [2.24, 2.45) is 0 Å². The lowest BCUT2D eigenvalue weighted by Gasteiger charge is -2.10. The van der Waals surface area contributed by atoms with Crippen LogP contribution in [-0.4, -0.2) is 10.9 Å². The van der Waals surface area contributed by atoms with Crippen LogP contribution < -0.4 is 0 Å². The minimum Gasteiger partial charge on any atom is -0.464 e. The minimum atomic E-state index is -0.673. The van der Waals surface area contributed by atoms with Crippen LogP contribution in [0.25, 0.3) is 11.0 Å². The van der Waals surface area contributed by atoms with Crippen LogP contribution in [0.5, 0.6) is 0 Å². The number of furan rings is 2. The lowest BCUT2D eigenvalue weighted by Crippen LogP contribution is -2.03. The normalized spacial score (nSPS) is 12.7. The van der Waals surface area contributed by atoms with Gasteiger partial charge in [0.2, 0.25) is 0 Å². The summed E-state index contributed by atoms with van der Waals surface area (Å²) in [5, 5.41) is 11.1. The topological polar surface area (TPSA) is 63.6 Å². The third-order valence-electron chi connectivity index (χ3n) is 3.30. The Labute approximate surface area is 115 Å². The van der Waals surface area contributed by atoms with Crippen LogP contribution in [0.4, 0.5) is 0 Å². The van der Waals surface area contributed by atoms with E-state index in [9.17, 15) is 9.90 Å². The Morgan fingerprint density at radius 1 is 1.15 bits per heavy atom. The lowest BCUT2D eigenvalue weighted by molar-refractivity contribution is 0.0914. The molecule has 0 saturated carbocycles. The van der Waals surface area contributed by atoms with Crippen LogP contribution in [0.2, 0.25) is 0 Å². The van der Waals surface area contributed by atoms with E-state index in [1.54, 1.807) is 18.4 Å². The predicted molar refractivity (Wildman–Crippen MR) is 73.4 cm³/mol. The molecule has 1 unspecified atom stereocenters. The maximum absolute atomic E-state index is 11.8. The molecule has 1 N–H and O–H groups in total. The number of hydrogen-bond acceptors (Lipinski definition) is 4. The molecule has 102 valence electrons. The highest BCUT2D eigenvalue weighted by Crippen LogP contribution is 2.24. The Hall–Kier alpha value is -2.33. The molecule has 20 heavy (non-hydrogen) atoms. The first-order valence-corrected chi connectivity index (χ1v) is 6.46. The third kappa shape index (κ3) is 2.51. The lowest BCUT2D eigenvalue weighted by atomic mass is 10.0. The number of aliphatic hydroxyl groups excluding tert-OH is 1. The highest BCUT2D eigenvalue weighted by molar-refractivity contribution is 5.93. The van der Waals surface area contributed by atoms with Crippen molar-refractivity contribution in [2.45, 2.75) is 18.9 Å². The fraction of sp³-hybridized carbons (Fsp3) is 0.188. The summed E-state index contributed by atoms with van der Waals surface area (Å²) in [6.07, 6.45) is 3.02. The summed E-state index contributed by atoms with van der Waals surface area (Å²) >= 11 is 0. The average molecular weight is 270 g/mol. The second kappa shape index (κ2) is 5.35. The first-order valence-electron chi connectivity index (χ1n) is 6.46. The Morgan fingerprint density at radius 3 is 2.85 bits per heavy atom. The van der Waals surface area contributed by atoms with E-state index < -0.39 is 6.10 Å². The zero-order valence-corrected chi connectivity index (χ0v) is 10.8. The van der Waals surface area contributed by atoms with E-state index in [0.29, 0.717) is 12.2 Å². The molecule has 0 aliphatic rings. The van der Waals surface area contributed by atoms with Crippen molar-refractivity contribution >= 4 is 16.8 Å². The maximum Gasteiger partial charge on any atom is 0.198 e. The van der Waals surface area contributed by atoms with Gasteiger partial charge in [-0.1, -0.05) is 6.07 Å². The summed E-state index contributed by atoms with van der Waals surface area (Å²) < 4.78 is 10.3. The van der Waals surface area contributed by atoms with E-state index in [0.717, 1.165) is 16.5 Å². The number of Topliss-reactive ketones (excluding diaryl/α,β-unsaturated/α-hetero) is 1. The second-order valence-electron chi connectivity index (χ2n) is 4.67. The molecule has 3 aromatic rings. The molecule has 4 heteroatoms. The largest absolute Gasteiger partial charge is 0.464 e. The van der Waals surface area contributed by atoms with Gasteiger partial charge in [0.1, 0.15) is 5.58 Å². The fourth-order valence-corrected chi connectivity index (χ4v) is 2.19. The molecular formula is C16H14O4. The van der Waals surface area contributed by atoms with E-state index in [4.69, 9.17) is 8.83 Å². The van der Waals surface area contributed by atoms with Crippen LogP contribution in [0.3, 0.4) is 0 Å². The second-order valence-corrected chi connectivity index (χ2v) is 4.67. The molecule has 2 aromatic heterocycles. The number of carbonyl (C=O) groups excluding carboxylic acids is 1. The van der Waals surface area contributed by atoms with Gasteiger partial charge in [-0.3, -0.25) is 4.79 Å². The molecule has 1 aromatic carbocycles. The van der Waals surface area contributed by atoms with Gasteiger partial charge < -0.3 is 13.9 Å². The number of ketones is 1. The molecule has 0 fully saturated rings. The summed E-state index contributed by atoms with van der Waals surface area (Å²) in [5.41, 5.74) is 1.57. The molecule has 0 aliphatic heterocycles. The Morgan fingerprint density at radius 2 is 2.05 bits per heavy atom. The zero-order valence-electron chi connectivity index (χ0n) is 10.8. The minimum absolute atomic E-state index is 0.0987. The standard InChI is InChI=1S/C16H14O4/c17-13(4-5-14(18)16-2-1-8-19-16)11-3-6-15-12(10-11)7-9-20-15/h1-3,6-10,13,17H,4-5H2. The molecule has 0 amide bonds. The van der Waals surface area contributed by atoms with Gasteiger partial charge in [-0.2, -0.15) is 0 Å². The van der Waals surface area contributed by atoms with Crippen molar-refractivity contribution in [2.75, 3.05) is 0 Å². The van der Waals surface area contributed by atoms with Crippen molar-refractivity contribution < 1.29 is 18.7 Å². The van der Waals surface area contributed by atoms with Gasteiger partial charge in [-0.25, -0.2) is 0 Å². The molecule has 2 heterocycles. The van der Waals surface area contributed by atoms with Crippen molar-refractivity contribution in [3.05, 3.63) is 60.2 Å². The van der Waals surface area contributed by atoms with Crippen LogP contribution in [-0.2, 0) is 0 Å². The van der Waals surface area contributed by atoms with Crippen molar-refractivity contribution in [1.29, 1.82) is 0 Å². The van der Waals surface area contributed by atoms with Gasteiger partial charge in [0.15, 0.2) is 11.5 Å². The molecule has 4 nitrogen and oxygen atoms in total. The molecule has 0 spiro atoms. The quantitative estimate of drug-likeness (QED) is 0.717. The van der Waals surface area contributed by atoms with Gasteiger partial charge in [0, 0.05) is 11.8 Å². The van der Waals surface area contributed by atoms with E-state index in [1.807, 2.05) is 24.3 Å². The molecular weight excluding hydrogens is 256 g/mol. The first-order chi connectivity index (χ1) is 9.74. The first kappa shape index (κ1) is 12.7. The predicted octanol–water partition coefficient (Wildman–Crippen LogP) is 3.72. The van der Waals surface area contributed by atoms with Gasteiger partial charge in [-0.15, -0.1) is 0 Å². The van der Waals surface area contributed by atoms with Gasteiger partial charge in [0.25, 0.3) is 0 Å². The SMILES string of the molecule is O=C(CCC(O)c1ccc2occc2c1)c1ccco1. The number of aliphatic hydroxyl groups is 1. The molecule has 0 bridgehead atoms. The fourth-order valence-electron chi connectivity index (χ4n) is 2.19. The maximum atomic E-state index is 11.8. The molecule has 0 saturated heterocycles. The number of carbonyl (C=O) groups is 1. The zero-order chi connectivity index (χ0) is 13.9. The van der Waals surface area contributed by atoms with E-state index in [-0.39, 0.29) is 12.2 Å². The summed E-state index contributed by atoms with van der Waals surface area (Å²) in [6.45, 7) is 0. The van der Waals surface area contributed by atoms with Gasteiger partial charge >= 0.3 is 0 Å². The van der Waals surface area contributed by atoms with E-state index >= 15 is 0 Å². The van der Waals surface area contributed by atoms with Crippen molar-refractivity contribution in [1.82, 2.24) is 0 Å². The monoisotopic (exact) mass is 270 g/mol. The van der Waals surface area contributed by atoms with Gasteiger partial charge in [0.05, 0.1) is 18.6 Å². The number of rotatable bonds is 5. The van der Waals surface area contributed by atoms with Crippen LogP contribution in [0.1, 0.15) is 35.1 Å².